The number of carbonyl (C=O) groups excluding carboxylic acids is 1. The lowest BCUT2D eigenvalue weighted by Gasteiger charge is -2.20. The molecule has 0 radical (unpaired) electrons. The third-order valence-corrected chi connectivity index (χ3v) is 7.96. The molecule has 1 amide bonds. The predicted octanol–water partition coefficient (Wildman–Crippen LogP) is 4.19. The number of carbonyl (C=O) groups is 1. The zero-order chi connectivity index (χ0) is 24.6. The van der Waals surface area contributed by atoms with Crippen molar-refractivity contribution in [2.75, 3.05) is 37.9 Å². The van der Waals surface area contributed by atoms with E-state index in [0.29, 0.717) is 29.3 Å². The molecule has 0 fully saturated rings. The first-order valence-electron chi connectivity index (χ1n) is 10.6. The Hall–Kier alpha value is -3.17. The molecule has 0 heterocycles. The fraction of sp³-hybridized carbons (Fsp3) is 0.240. The average Bonchev–Trinajstić information content (AvgIpc) is 2.88. The number of rotatable bonds is 11. The van der Waals surface area contributed by atoms with E-state index in [0.717, 1.165) is 15.8 Å². The van der Waals surface area contributed by atoms with Gasteiger partial charge in [0.1, 0.15) is 0 Å². The van der Waals surface area contributed by atoms with Gasteiger partial charge in [0.2, 0.25) is 0 Å². The van der Waals surface area contributed by atoms with E-state index in [1.54, 1.807) is 42.1 Å². The van der Waals surface area contributed by atoms with Crippen molar-refractivity contribution in [1.82, 2.24) is 5.32 Å². The van der Waals surface area contributed by atoms with Gasteiger partial charge in [-0.1, -0.05) is 30.3 Å². The van der Waals surface area contributed by atoms with E-state index < -0.39 is 10.0 Å². The van der Waals surface area contributed by atoms with Crippen LogP contribution in [0.25, 0.3) is 0 Å². The highest BCUT2D eigenvalue weighted by atomic mass is 32.2. The van der Waals surface area contributed by atoms with Crippen LogP contribution >= 0.6 is 11.8 Å². The molecular formula is C25H28N2O5S2. The van der Waals surface area contributed by atoms with Crippen LogP contribution in [-0.2, 0) is 15.8 Å². The smallest absolute Gasteiger partial charge is 0.264 e. The van der Waals surface area contributed by atoms with E-state index in [1.807, 2.05) is 18.2 Å². The Bertz CT molecular complexity index is 1200. The van der Waals surface area contributed by atoms with Gasteiger partial charge in [-0.25, -0.2) is 8.42 Å². The molecule has 3 aromatic carbocycles. The first-order chi connectivity index (χ1) is 16.4. The Balaban J connectivity index is 1.58. The van der Waals surface area contributed by atoms with Crippen LogP contribution in [0.15, 0.2) is 77.7 Å². The van der Waals surface area contributed by atoms with Gasteiger partial charge in [-0.15, -0.1) is 0 Å². The van der Waals surface area contributed by atoms with Crippen molar-refractivity contribution in [2.45, 2.75) is 10.6 Å². The van der Waals surface area contributed by atoms with Crippen molar-refractivity contribution >= 4 is 33.4 Å². The van der Waals surface area contributed by atoms with Crippen molar-refractivity contribution < 1.29 is 22.7 Å². The first kappa shape index (κ1) is 25.5. The van der Waals surface area contributed by atoms with Gasteiger partial charge < -0.3 is 14.8 Å². The number of nitrogens with one attached hydrogen (secondary N) is 1. The largest absolute Gasteiger partial charge is 0.493 e. The maximum Gasteiger partial charge on any atom is 0.264 e. The van der Waals surface area contributed by atoms with Gasteiger partial charge in [0, 0.05) is 36.7 Å². The Morgan fingerprint density at radius 3 is 2.26 bits per heavy atom. The molecule has 34 heavy (non-hydrogen) atoms. The van der Waals surface area contributed by atoms with E-state index in [1.165, 1.54) is 39.0 Å². The quantitative estimate of drug-likeness (QED) is 0.398. The lowest BCUT2D eigenvalue weighted by molar-refractivity contribution is 0.0956. The van der Waals surface area contributed by atoms with Crippen LogP contribution in [0.2, 0.25) is 0 Å². The number of benzene rings is 3. The number of ether oxygens (including phenoxy) is 2. The van der Waals surface area contributed by atoms with Crippen molar-refractivity contribution in [1.29, 1.82) is 0 Å². The summed E-state index contributed by atoms with van der Waals surface area (Å²) in [7, 11) is 0.565. The number of anilines is 1. The molecule has 3 rings (SSSR count). The molecule has 0 spiro atoms. The second-order valence-corrected chi connectivity index (χ2v) is 10.4. The predicted molar refractivity (Wildman–Crippen MR) is 137 cm³/mol. The Labute approximate surface area is 205 Å². The number of sulfonamides is 1. The summed E-state index contributed by atoms with van der Waals surface area (Å²) in [6.07, 6.45) is 0. The van der Waals surface area contributed by atoms with E-state index in [9.17, 15) is 13.2 Å². The van der Waals surface area contributed by atoms with Crippen LogP contribution in [0.5, 0.6) is 11.5 Å². The molecule has 9 heteroatoms. The molecule has 0 saturated heterocycles. The van der Waals surface area contributed by atoms with Gasteiger partial charge in [0.15, 0.2) is 11.5 Å². The summed E-state index contributed by atoms with van der Waals surface area (Å²) in [5.41, 5.74) is 2.15. The second kappa shape index (κ2) is 11.8. The zero-order valence-electron chi connectivity index (χ0n) is 19.4. The number of nitrogens with zero attached hydrogens (tertiary/aromatic N) is 1. The highest BCUT2D eigenvalue weighted by molar-refractivity contribution is 7.98. The lowest BCUT2D eigenvalue weighted by Crippen LogP contribution is -2.27. The van der Waals surface area contributed by atoms with Crippen molar-refractivity contribution in [2.24, 2.45) is 0 Å². The van der Waals surface area contributed by atoms with Crippen LogP contribution < -0.4 is 19.1 Å². The molecule has 1 N–H and O–H groups in total. The van der Waals surface area contributed by atoms with Gasteiger partial charge in [-0.2, -0.15) is 11.8 Å². The maximum atomic E-state index is 13.1. The minimum atomic E-state index is -3.83. The molecule has 0 saturated carbocycles. The Morgan fingerprint density at radius 1 is 0.941 bits per heavy atom. The summed E-state index contributed by atoms with van der Waals surface area (Å²) in [5, 5.41) is 2.90. The molecule has 0 aromatic heterocycles. The summed E-state index contributed by atoms with van der Waals surface area (Å²) >= 11 is 1.75. The molecule has 7 nitrogen and oxygen atoms in total. The summed E-state index contributed by atoms with van der Waals surface area (Å²) < 4.78 is 37.7. The van der Waals surface area contributed by atoms with Gasteiger partial charge in [0.05, 0.1) is 24.8 Å². The van der Waals surface area contributed by atoms with E-state index in [4.69, 9.17) is 9.47 Å². The lowest BCUT2D eigenvalue weighted by atomic mass is 10.2. The highest BCUT2D eigenvalue weighted by Gasteiger charge is 2.23. The topological polar surface area (TPSA) is 84.9 Å². The van der Waals surface area contributed by atoms with Crippen LogP contribution in [-0.4, -0.2) is 47.9 Å². The Morgan fingerprint density at radius 2 is 1.62 bits per heavy atom. The second-order valence-electron chi connectivity index (χ2n) is 7.33. The summed E-state index contributed by atoms with van der Waals surface area (Å²) in [4.78, 5) is 12.5. The fourth-order valence-corrected chi connectivity index (χ4v) is 5.23. The summed E-state index contributed by atoms with van der Waals surface area (Å²) in [6, 6.07) is 21.0. The summed E-state index contributed by atoms with van der Waals surface area (Å²) in [5.74, 6) is 2.26. The maximum absolute atomic E-state index is 13.1. The van der Waals surface area contributed by atoms with Crippen molar-refractivity contribution in [3.05, 3.63) is 83.9 Å². The fourth-order valence-electron chi connectivity index (χ4n) is 3.20. The van der Waals surface area contributed by atoms with E-state index in [-0.39, 0.29) is 10.8 Å². The van der Waals surface area contributed by atoms with Crippen molar-refractivity contribution in [3.63, 3.8) is 0 Å². The molecular weight excluding hydrogens is 472 g/mol. The minimum absolute atomic E-state index is 0.0717. The highest BCUT2D eigenvalue weighted by Crippen LogP contribution is 2.31. The molecule has 0 bridgehead atoms. The molecule has 0 aliphatic heterocycles. The molecule has 0 aliphatic carbocycles. The normalized spacial score (nSPS) is 11.0. The van der Waals surface area contributed by atoms with Gasteiger partial charge in [0.25, 0.3) is 15.9 Å². The Kier molecular flexibility index (Phi) is 8.84. The third-order valence-electron chi connectivity index (χ3n) is 5.15. The monoisotopic (exact) mass is 500 g/mol. The van der Waals surface area contributed by atoms with Crippen LogP contribution in [0.3, 0.4) is 0 Å². The van der Waals surface area contributed by atoms with E-state index in [2.05, 4.69) is 17.4 Å². The number of amides is 1. The first-order valence-corrected chi connectivity index (χ1v) is 13.2. The standard InChI is InChI=1S/C25H28N2O5S2/c1-27(34(29,30)22-13-14-23(31-2)24(17-22)32-3)21-11-9-20(10-12-21)25(28)26-15-16-33-18-19-7-5-4-6-8-19/h4-14,17H,15-16,18H2,1-3H3,(H,26,28). The van der Waals surface area contributed by atoms with Gasteiger partial charge in [-0.3, -0.25) is 9.10 Å². The number of thioether (sulfide) groups is 1. The van der Waals surface area contributed by atoms with Gasteiger partial charge >= 0.3 is 0 Å². The van der Waals surface area contributed by atoms with E-state index >= 15 is 0 Å². The average molecular weight is 501 g/mol. The summed E-state index contributed by atoms with van der Waals surface area (Å²) in [6.45, 7) is 0.547. The van der Waals surface area contributed by atoms with Crippen LogP contribution in [0.4, 0.5) is 5.69 Å². The SMILES string of the molecule is COc1ccc(S(=O)(=O)N(C)c2ccc(C(=O)NCCSCc3ccccc3)cc2)cc1OC. The number of hydrogen-bond acceptors (Lipinski definition) is 6. The van der Waals surface area contributed by atoms with Crippen molar-refractivity contribution in [3.8, 4) is 11.5 Å². The number of hydrogen-bond donors (Lipinski definition) is 1. The number of methoxy groups -OCH3 is 2. The molecule has 0 unspecified atom stereocenters. The van der Waals surface area contributed by atoms with Gasteiger partial charge in [-0.05, 0) is 42.0 Å². The molecule has 0 atom stereocenters. The molecule has 3 aromatic rings. The third kappa shape index (κ3) is 6.24. The van der Waals surface area contributed by atoms with Crippen LogP contribution in [0, 0.1) is 0 Å². The zero-order valence-corrected chi connectivity index (χ0v) is 21.0. The molecule has 180 valence electrons. The minimum Gasteiger partial charge on any atom is -0.493 e. The van der Waals surface area contributed by atoms with Crippen LogP contribution in [0.1, 0.15) is 15.9 Å². The molecule has 0 aliphatic rings.